The van der Waals surface area contributed by atoms with Crippen molar-refractivity contribution >= 4 is 30.1 Å². The van der Waals surface area contributed by atoms with E-state index in [0.717, 1.165) is 24.5 Å². The molecule has 1 aliphatic heterocycles. The number of carboxylic acids is 1. The molecule has 0 spiro atoms. The van der Waals surface area contributed by atoms with Crippen LogP contribution in [0.1, 0.15) is 31.2 Å². The number of rotatable bonds is 6. The van der Waals surface area contributed by atoms with Crippen molar-refractivity contribution in [2.45, 2.75) is 42.8 Å². The van der Waals surface area contributed by atoms with Crippen LogP contribution in [0, 0.1) is 6.92 Å². The summed E-state index contributed by atoms with van der Waals surface area (Å²) in [6.45, 7) is 5.19. The summed E-state index contributed by atoms with van der Waals surface area (Å²) in [4.78, 5) is 14.8. The van der Waals surface area contributed by atoms with Crippen LogP contribution in [0.4, 0.5) is 0 Å². The Morgan fingerprint density at radius 2 is 1.86 bits per heavy atom. The number of hydrogen-bond donors (Lipinski definition) is 1. The summed E-state index contributed by atoms with van der Waals surface area (Å²) in [6, 6.07) is 8.09. The fourth-order valence-corrected chi connectivity index (χ4v) is 3.44. The first-order valence-electron chi connectivity index (χ1n) is 7.33. The van der Waals surface area contributed by atoms with Crippen LogP contribution in [0.15, 0.2) is 29.2 Å². The minimum atomic E-state index is -0.701. The van der Waals surface area contributed by atoms with Gasteiger partial charge < -0.3 is 10.0 Å². The first kappa shape index (κ1) is 18.3. The molecule has 2 rings (SSSR count). The van der Waals surface area contributed by atoms with Gasteiger partial charge in [0.15, 0.2) is 0 Å². The molecule has 0 bridgehead atoms. The molecule has 0 radical (unpaired) electrons. The lowest BCUT2D eigenvalue weighted by atomic mass is 10.1. The van der Waals surface area contributed by atoms with Gasteiger partial charge in [0.05, 0.1) is 0 Å². The van der Waals surface area contributed by atoms with Crippen molar-refractivity contribution in [3.8, 4) is 0 Å². The van der Waals surface area contributed by atoms with Crippen LogP contribution >= 0.6 is 24.2 Å². The third kappa shape index (κ3) is 6.29. The second-order valence-electron chi connectivity index (χ2n) is 5.45. The maximum Gasteiger partial charge on any atom is 0.317 e. The number of piperidine rings is 1. The van der Waals surface area contributed by atoms with Gasteiger partial charge in [0.25, 0.3) is 0 Å². The number of aliphatic carboxylic acids is 1. The number of benzene rings is 1. The highest BCUT2D eigenvalue weighted by Gasteiger charge is 2.20. The predicted molar refractivity (Wildman–Crippen MR) is 90.6 cm³/mol. The van der Waals surface area contributed by atoms with E-state index in [0.29, 0.717) is 6.42 Å². The largest absolute Gasteiger partial charge is 0.480 e. The predicted octanol–water partition coefficient (Wildman–Crippen LogP) is 3.84. The van der Waals surface area contributed by atoms with Gasteiger partial charge in [-0.1, -0.05) is 24.1 Å². The molecule has 1 aromatic carbocycles. The minimum absolute atomic E-state index is 0. The lowest BCUT2D eigenvalue weighted by molar-refractivity contribution is -0.136. The van der Waals surface area contributed by atoms with E-state index in [1.54, 1.807) is 0 Å². The van der Waals surface area contributed by atoms with Gasteiger partial charge in [-0.25, -0.2) is 0 Å². The number of nitrogens with zero attached hydrogens (tertiary/aromatic N) is 1. The van der Waals surface area contributed by atoms with Crippen LogP contribution in [-0.4, -0.2) is 40.9 Å². The SMILES string of the molecule is Cc1ccc(SC(CCN2CCCCC2)C(=O)O)cc1.Cl. The quantitative estimate of drug-likeness (QED) is 0.805. The van der Waals surface area contributed by atoms with E-state index in [-0.39, 0.29) is 17.7 Å². The number of halogens is 1. The number of aryl methyl sites for hydroxylation is 1. The molecule has 21 heavy (non-hydrogen) atoms. The highest BCUT2D eigenvalue weighted by Crippen LogP contribution is 2.26. The molecule has 1 aliphatic rings. The summed E-state index contributed by atoms with van der Waals surface area (Å²) in [5, 5.41) is 9.03. The number of carbonyl (C=O) groups is 1. The molecule has 5 heteroatoms. The van der Waals surface area contributed by atoms with Gasteiger partial charge in [-0.15, -0.1) is 24.2 Å². The Hall–Kier alpha value is -0.710. The Labute approximate surface area is 137 Å². The van der Waals surface area contributed by atoms with E-state index in [2.05, 4.69) is 4.90 Å². The van der Waals surface area contributed by atoms with Crippen molar-refractivity contribution in [2.75, 3.05) is 19.6 Å². The van der Waals surface area contributed by atoms with Crippen molar-refractivity contribution in [2.24, 2.45) is 0 Å². The minimum Gasteiger partial charge on any atom is -0.480 e. The molecule has 1 aromatic rings. The fraction of sp³-hybridized carbons (Fsp3) is 0.562. The van der Waals surface area contributed by atoms with Crippen molar-refractivity contribution < 1.29 is 9.90 Å². The molecule has 3 nitrogen and oxygen atoms in total. The molecule has 0 aromatic heterocycles. The molecule has 1 atom stereocenters. The molecular weight excluding hydrogens is 306 g/mol. The number of hydrogen-bond acceptors (Lipinski definition) is 3. The van der Waals surface area contributed by atoms with E-state index < -0.39 is 5.97 Å². The zero-order valence-corrected chi connectivity index (χ0v) is 14.1. The fourth-order valence-electron chi connectivity index (χ4n) is 2.50. The molecule has 0 aliphatic carbocycles. The first-order valence-corrected chi connectivity index (χ1v) is 8.21. The van der Waals surface area contributed by atoms with Crippen LogP contribution in [0.5, 0.6) is 0 Å². The van der Waals surface area contributed by atoms with Gasteiger partial charge in [0.1, 0.15) is 5.25 Å². The molecular formula is C16H24ClNO2S. The Morgan fingerprint density at radius 3 is 2.43 bits per heavy atom. The van der Waals surface area contributed by atoms with Crippen LogP contribution < -0.4 is 0 Å². The normalized spacial score (nSPS) is 17.0. The van der Waals surface area contributed by atoms with E-state index in [1.807, 2.05) is 31.2 Å². The summed E-state index contributed by atoms with van der Waals surface area (Å²) in [6.07, 6.45) is 4.54. The van der Waals surface area contributed by atoms with E-state index >= 15 is 0 Å². The third-order valence-electron chi connectivity index (χ3n) is 3.73. The van der Waals surface area contributed by atoms with Crippen LogP contribution in [0.3, 0.4) is 0 Å². The van der Waals surface area contributed by atoms with E-state index in [9.17, 15) is 9.90 Å². The lowest BCUT2D eigenvalue weighted by Crippen LogP contribution is -2.33. The summed E-state index contributed by atoms with van der Waals surface area (Å²) in [5.41, 5.74) is 1.20. The molecule has 0 saturated carbocycles. The average Bonchev–Trinajstić information content (AvgIpc) is 2.46. The summed E-state index contributed by atoms with van der Waals surface area (Å²) in [5.74, 6) is -0.701. The molecule has 118 valence electrons. The molecule has 1 heterocycles. The average molecular weight is 330 g/mol. The van der Waals surface area contributed by atoms with E-state index in [1.165, 1.54) is 36.6 Å². The third-order valence-corrected chi connectivity index (χ3v) is 5.00. The van der Waals surface area contributed by atoms with Crippen molar-refractivity contribution in [3.05, 3.63) is 29.8 Å². The van der Waals surface area contributed by atoms with Crippen LogP contribution in [0.2, 0.25) is 0 Å². The van der Waals surface area contributed by atoms with Gasteiger partial charge in [0.2, 0.25) is 0 Å². The molecule has 0 amide bonds. The topological polar surface area (TPSA) is 40.5 Å². The first-order chi connectivity index (χ1) is 9.65. The van der Waals surface area contributed by atoms with Crippen molar-refractivity contribution in [1.82, 2.24) is 4.90 Å². The molecule has 1 fully saturated rings. The van der Waals surface area contributed by atoms with Crippen LogP contribution in [-0.2, 0) is 4.79 Å². The number of carboxylic acid groups (broad SMARTS) is 1. The Morgan fingerprint density at radius 1 is 1.24 bits per heavy atom. The van der Waals surface area contributed by atoms with Crippen molar-refractivity contribution in [3.63, 3.8) is 0 Å². The lowest BCUT2D eigenvalue weighted by Gasteiger charge is -2.27. The standard InChI is InChI=1S/C16H23NO2S.ClH/c1-13-5-7-14(8-6-13)20-15(16(18)19)9-12-17-10-3-2-4-11-17;/h5-8,15H,2-4,9-12H2,1H3,(H,18,19);1H. The Kier molecular flexibility index (Phi) is 8.15. The van der Waals surface area contributed by atoms with Gasteiger partial charge >= 0.3 is 5.97 Å². The molecule has 1 saturated heterocycles. The van der Waals surface area contributed by atoms with Gasteiger partial charge in [0, 0.05) is 4.90 Å². The monoisotopic (exact) mass is 329 g/mol. The molecule has 1 unspecified atom stereocenters. The zero-order valence-electron chi connectivity index (χ0n) is 12.5. The maximum atomic E-state index is 11.4. The summed E-state index contributed by atoms with van der Waals surface area (Å²) < 4.78 is 0. The van der Waals surface area contributed by atoms with E-state index in [4.69, 9.17) is 0 Å². The second kappa shape index (κ2) is 9.34. The number of thioether (sulfide) groups is 1. The highest BCUT2D eigenvalue weighted by atomic mass is 35.5. The summed E-state index contributed by atoms with van der Waals surface area (Å²) >= 11 is 1.47. The van der Waals surface area contributed by atoms with Gasteiger partial charge in [-0.2, -0.15) is 0 Å². The van der Waals surface area contributed by atoms with Crippen molar-refractivity contribution in [1.29, 1.82) is 0 Å². The van der Waals surface area contributed by atoms with Gasteiger partial charge in [-0.05, 0) is 58.0 Å². The maximum absolute atomic E-state index is 11.4. The Bertz CT molecular complexity index is 432. The van der Waals surface area contributed by atoms with Gasteiger partial charge in [-0.3, -0.25) is 4.79 Å². The smallest absolute Gasteiger partial charge is 0.317 e. The Balaban J connectivity index is 0.00000220. The highest BCUT2D eigenvalue weighted by molar-refractivity contribution is 8.00. The van der Waals surface area contributed by atoms with Crippen LogP contribution in [0.25, 0.3) is 0 Å². The zero-order chi connectivity index (χ0) is 14.4. The second-order valence-corrected chi connectivity index (χ2v) is 6.72. The summed E-state index contributed by atoms with van der Waals surface area (Å²) in [7, 11) is 0. The molecule has 1 N–H and O–H groups in total. The number of likely N-dealkylation sites (tertiary alicyclic amines) is 1.